The predicted octanol–water partition coefficient (Wildman–Crippen LogP) is 3.33. The highest BCUT2D eigenvalue weighted by Gasteiger charge is 2.12. The topological polar surface area (TPSA) is 24.4 Å². The van der Waals surface area contributed by atoms with Crippen molar-refractivity contribution in [2.45, 2.75) is 6.04 Å². The molecule has 1 unspecified atom stereocenters. The Hall–Kier alpha value is -2.35. The van der Waals surface area contributed by atoms with E-state index in [1.807, 2.05) is 30.4 Å². The lowest BCUT2D eigenvalue weighted by Gasteiger charge is -2.18. The summed E-state index contributed by atoms with van der Waals surface area (Å²) in [6.45, 7) is 7.52. The van der Waals surface area contributed by atoms with E-state index in [0.29, 0.717) is 0 Å². The summed E-state index contributed by atoms with van der Waals surface area (Å²) in [5.41, 5.74) is 3.25. The van der Waals surface area contributed by atoms with Crippen LogP contribution in [0.5, 0.6) is 0 Å². The minimum absolute atomic E-state index is 0.00282. The summed E-state index contributed by atoms with van der Waals surface area (Å²) in [4.78, 5) is 4.40. The summed E-state index contributed by atoms with van der Waals surface area (Å²) >= 11 is 0. The van der Waals surface area contributed by atoms with Gasteiger partial charge in [-0.2, -0.15) is 0 Å². The van der Waals surface area contributed by atoms with Crippen molar-refractivity contribution >= 4 is 12.0 Å². The Morgan fingerprint density at radius 1 is 1.22 bits per heavy atom. The fourth-order valence-electron chi connectivity index (χ4n) is 1.84. The third-order valence-electron chi connectivity index (χ3n) is 2.75. The minimum Gasteiger partial charge on any atom is -0.346 e. The molecule has 1 atom stereocenters. The average Bonchev–Trinajstić information content (AvgIpc) is 2.46. The van der Waals surface area contributed by atoms with Crippen molar-refractivity contribution in [1.29, 1.82) is 0 Å². The van der Waals surface area contributed by atoms with Gasteiger partial charge in [0.1, 0.15) is 0 Å². The monoisotopic (exact) mass is 236 g/mol. The smallest absolute Gasteiger partial charge is 0.0970 e. The van der Waals surface area contributed by atoms with Crippen molar-refractivity contribution in [2.75, 3.05) is 0 Å². The van der Waals surface area contributed by atoms with Gasteiger partial charge in [-0.15, -0.1) is 0 Å². The Morgan fingerprint density at radius 3 is 2.67 bits per heavy atom. The Balaban J connectivity index is 2.30. The number of nitrogens with zero attached hydrogens (tertiary/aromatic N) is 1. The molecule has 0 aromatic heterocycles. The Morgan fingerprint density at radius 2 is 2.00 bits per heavy atom. The zero-order chi connectivity index (χ0) is 12.8. The van der Waals surface area contributed by atoms with E-state index in [1.54, 1.807) is 12.4 Å². The second kappa shape index (κ2) is 5.82. The van der Waals surface area contributed by atoms with Gasteiger partial charge in [0.15, 0.2) is 0 Å². The van der Waals surface area contributed by atoms with Crippen LogP contribution in [0, 0.1) is 0 Å². The molecule has 1 N–H and O–H groups in total. The summed E-state index contributed by atoms with van der Waals surface area (Å²) < 4.78 is 0. The molecule has 0 bridgehead atoms. The molecule has 2 heteroatoms. The van der Waals surface area contributed by atoms with Crippen LogP contribution < -0.4 is 5.32 Å². The summed E-state index contributed by atoms with van der Waals surface area (Å²) in [6, 6.07) is 10.2. The van der Waals surface area contributed by atoms with Crippen LogP contribution >= 0.6 is 0 Å². The fourth-order valence-corrected chi connectivity index (χ4v) is 1.84. The SMILES string of the molecule is C=C/C=C(\C=C)C1C=C(c2ccccc2)NC=N1. The highest BCUT2D eigenvalue weighted by atomic mass is 15.0. The van der Waals surface area contributed by atoms with Gasteiger partial charge < -0.3 is 5.32 Å². The summed E-state index contributed by atoms with van der Waals surface area (Å²) in [7, 11) is 0. The van der Waals surface area contributed by atoms with Crippen LogP contribution in [0.25, 0.3) is 5.70 Å². The van der Waals surface area contributed by atoms with Crippen LogP contribution in [0.3, 0.4) is 0 Å². The first-order valence-corrected chi connectivity index (χ1v) is 5.85. The largest absolute Gasteiger partial charge is 0.346 e. The van der Waals surface area contributed by atoms with Crippen molar-refractivity contribution in [3.8, 4) is 0 Å². The van der Waals surface area contributed by atoms with Gasteiger partial charge in [-0.3, -0.25) is 4.99 Å². The molecule has 18 heavy (non-hydrogen) atoms. The third-order valence-corrected chi connectivity index (χ3v) is 2.75. The highest BCUT2D eigenvalue weighted by molar-refractivity contribution is 5.79. The Bertz CT molecular complexity index is 521. The van der Waals surface area contributed by atoms with E-state index >= 15 is 0 Å². The summed E-state index contributed by atoms with van der Waals surface area (Å²) in [5, 5.41) is 3.17. The number of hydrogen-bond donors (Lipinski definition) is 1. The van der Waals surface area contributed by atoms with Crippen molar-refractivity contribution < 1.29 is 0 Å². The molecule has 0 amide bonds. The van der Waals surface area contributed by atoms with E-state index in [4.69, 9.17) is 0 Å². The maximum atomic E-state index is 4.40. The van der Waals surface area contributed by atoms with Gasteiger partial charge in [0, 0.05) is 5.70 Å². The summed E-state index contributed by atoms with van der Waals surface area (Å²) in [5.74, 6) is 0. The number of hydrogen-bond acceptors (Lipinski definition) is 2. The molecule has 1 aromatic carbocycles. The van der Waals surface area contributed by atoms with Crippen molar-refractivity contribution in [1.82, 2.24) is 5.32 Å². The molecule has 1 aliphatic heterocycles. The van der Waals surface area contributed by atoms with E-state index in [-0.39, 0.29) is 6.04 Å². The van der Waals surface area contributed by atoms with Gasteiger partial charge in [-0.25, -0.2) is 0 Å². The maximum Gasteiger partial charge on any atom is 0.0970 e. The maximum absolute atomic E-state index is 4.40. The van der Waals surface area contributed by atoms with E-state index < -0.39 is 0 Å². The molecule has 0 radical (unpaired) electrons. The number of aliphatic imine (C=N–C) groups is 1. The van der Waals surface area contributed by atoms with Crippen LogP contribution in [0.15, 0.2) is 78.4 Å². The van der Waals surface area contributed by atoms with Gasteiger partial charge >= 0.3 is 0 Å². The normalized spacial score (nSPS) is 18.8. The fraction of sp³-hybridized carbons (Fsp3) is 0.0625. The Labute approximate surface area is 108 Å². The second-order valence-corrected chi connectivity index (χ2v) is 3.92. The molecule has 0 saturated carbocycles. The first-order valence-electron chi connectivity index (χ1n) is 5.85. The standard InChI is InChI=1S/C16H16N2/c1-3-8-13(4-2)15-11-16(18-12-17-15)14-9-6-5-7-10-14/h3-12,15H,1-2H2,(H,17,18)/b13-8+. The van der Waals surface area contributed by atoms with Crippen molar-refractivity contribution in [3.05, 3.63) is 78.9 Å². The molecule has 0 spiro atoms. The lowest BCUT2D eigenvalue weighted by molar-refractivity contribution is 0.953. The molecule has 1 heterocycles. The van der Waals surface area contributed by atoms with Gasteiger partial charge in [0.2, 0.25) is 0 Å². The first kappa shape index (κ1) is 12.1. The number of nitrogens with one attached hydrogen (secondary N) is 1. The molecular formula is C16H16N2. The van der Waals surface area contributed by atoms with E-state index in [9.17, 15) is 0 Å². The molecule has 2 rings (SSSR count). The van der Waals surface area contributed by atoms with Gasteiger partial charge in [-0.1, -0.05) is 61.7 Å². The third kappa shape index (κ3) is 2.66. The quantitative estimate of drug-likeness (QED) is 0.797. The lowest BCUT2D eigenvalue weighted by Crippen LogP contribution is -2.20. The van der Waals surface area contributed by atoms with E-state index in [2.05, 4.69) is 41.7 Å². The molecule has 2 nitrogen and oxygen atoms in total. The zero-order valence-corrected chi connectivity index (χ0v) is 10.2. The number of rotatable bonds is 4. The van der Waals surface area contributed by atoms with Crippen LogP contribution in [0.1, 0.15) is 5.56 Å². The van der Waals surface area contributed by atoms with Gasteiger partial charge in [0.25, 0.3) is 0 Å². The number of allylic oxidation sites excluding steroid dienone is 2. The van der Waals surface area contributed by atoms with Crippen LogP contribution in [-0.2, 0) is 0 Å². The second-order valence-electron chi connectivity index (χ2n) is 3.92. The average molecular weight is 236 g/mol. The lowest BCUT2D eigenvalue weighted by atomic mass is 10.0. The van der Waals surface area contributed by atoms with E-state index in [1.165, 1.54) is 0 Å². The molecule has 1 aromatic rings. The molecule has 0 saturated heterocycles. The van der Waals surface area contributed by atoms with Crippen molar-refractivity contribution in [3.63, 3.8) is 0 Å². The van der Waals surface area contributed by atoms with Crippen LogP contribution in [-0.4, -0.2) is 12.4 Å². The highest BCUT2D eigenvalue weighted by Crippen LogP contribution is 2.19. The predicted molar refractivity (Wildman–Crippen MR) is 78.3 cm³/mol. The van der Waals surface area contributed by atoms with Crippen molar-refractivity contribution in [2.24, 2.45) is 4.99 Å². The summed E-state index contributed by atoms with van der Waals surface area (Å²) in [6.07, 6.45) is 9.32. The van der Waals surface area contributed by atoms with Gasteiger partial charge in [0.05, 0.1) is 12.4 Å². The zero-order valence-electron chi connectivity index (χ0n) is 10.2. The van der Waals surface area contributed by atoms with Crippen LogP contribution in [0.4, 0.5) is 0 Å². The van der Waals surface area contributed by atoms with E-state index in [0.717, 1.165) is 16.8 Å². The molecule has 0 aliphatic carbocycles. The van der Waals surface area contributed by atoms with Gasteiger partial charge in [-0.05, 0) is 17.2 Å². The molecular weight excluding hydrogens is 220 g/mol. The molecule has 90 valence electrons. The first-order chi connectivity index (χ1) is 8.85. The van der Waals surface area contributed by atoms with Crippen LogP contribution in [0.2, 0.25) is 0 Å². The molecule has 1 aliphatic rings. The molecule has 0 fully saturated rings. The Kier molecular flexibility index (Phi) is 3.92. The number of benzene rings is 1. The minimum atomic E-state index is -0.00282.